The van der Waals surface area contributed by atoms with Gasteiger partial charge in [0, 0.05) is 4.90 Å². The highest BCUT2D eigenvalue weighted by Gasteiger charge is 2.30. The van der Waals surface area contributed by atoms with Gasteiger partial charge in [0.1, 0.15) is 5.25 Å². The highest BCUT2D eigenvalue weighted by molar-refractivity contribution is 8.01. The molecule has 0 saturated heterocycles. The number of methoxy groups -OCH3 is 1. The third-order valence-electron chi connectivity index (χ3n) is 3.19. The number of hydrogen-bond donors (Lipinski definition) is 0. The molecule has 102 valence electrons. The summed E-state index contributed by atoms with van der Waals surface area (Å²) in [4.78, 5) is 13.4. The quantitative estimate of drug-likeness (QED) is 0.640. The molecule has 0 aromatic heterocycles. The fourth-order valence-corrected chi connectivity index (χ4v) is 3.36. The van der Waals surface area contributed by atoms with Crippen molar-refractivity contribution in [3.8, 4) is 11.5 Å². The molecule has 0 amide bonds. The first-order valence-corrected chi connectivity index (χ1v) is 7.25. The topological polar surface area (TPSA) is 35.5 Å². The predicted molar refractivity (Wildman–Crippen MR) is 78.4 cm³/mol. The second-order valence-electron chi connectivity index (χ2n) is 4.49. The van der Waals surface area contributed by atoms with Crippen LogP contribution in [0, 0.1) is 0 Å². The van der Waals surface area contributed by atoms with Crippen molar-refractivity contribution in [3.63, 3.8) is 0 Å². The van der Waals surface area contributed by atoms with Crippen molar-refractivity contribution in [2.24, 2.45) is 0 Å². The lowest BCUT2D eigenvalue weighted by Crippen LogP contribution is -2.22. The average Bonchev–Trinajstić information content (AvgIpc) is 2.92. The van der Waals surface area contributed by atoms with Crippen molar-refractivity contribution in [2.75, 3.05) is 7.11 Å². The van der Waals surface area contributed by atoms with Crippen LogP contribution in [0.1, 0.15) is 5.56 Å². The maximum Gasteiger partial charge on any atom is 0.325 e. The number of carbonyl (C=O) groups is 1. The highest BCUT2D eigenvalue weighted by atomic mass is 32.2. The van der Waals surface area contributed by atoms with Crippen molar-refractivity contribution < 1.29 is 14.3 Å². The normalized spacial score (nSPS) is 16.6. The number of thioether (sulfide) groups is 1. The largest absolute Gasteiger partial charge is 0.493 e. The van der Waals surface area contributed by atoms with Crippen molar-refractivity contribution >= 4 is 17.7 Å². The molecule has 1 atom stereocenters. The van der Waals surface area contributed by atoms with E-state index in [0.717, 1.165) is 11.3 Å². The van der Waals surface area contributed by atoms with Gasteiger partial charge in [0.25, 0.3) is 0 Å². The van der Waals surface area contributed by atoms with E-state index in [9.17, 15) is 4.79 Å². The first kappa shape index (κ1) is 13.1. The number of esters is 1. The summed E-state index contributed by atoms with van der Waals surface area (Å²) in [7, 11) is 1.56. The molecule has 2 aromatic rings. The lowest BCUT2D eigenvalue weighted by molar-refractivity contribution is -0.133. The molecule has 3 rings (SSSR count). The Kier molecular flexibility index (Phi) is 3.65. The van der Waals surface area contributed by atoms with Crippen LogP contribution in [-0.2, 0) is 11.2 Å². The van der Waals surface area contributed by atoms with Crippen LogP contribution in [0.2, 0.25) is 0 Å². The molecule has 20 heavy (non-hydrogen) atoms. The summed E-state index contributed by atoms with van der Waals surface area (Å²) in [6.45, 7) is 0. The summed E-state index contributed by atoms with van der Waals surface area (Å²) in [6.07, 6.45) is 0.717. The standard InChI is InChI=1S/C16H14O3S/c1-18-12-7-3-4-8-13(12)19-16(17)15-10-11-6-2-5-9-14(11)20-15/h2-9,15H,10H2,1H3. The molecule has 0 spiro atoms. The van der Waals surface area contributed by atoms with Crippen LogP contribution in [0.4, 0.5) is 0 Å². The van der Waals surface area contributed by atoms with E-state index in [-0.39, 0.29) is 11.2 Å². The van der Waals surface area contributed by atoms with E-state index < -0.39 is 0 Å². The molecule has 0 fully saturated rings. The number of hydrogen-bond acceptors (Lipinski definition) is 4. The van der Waals surface area contributed by atoms with Gasteiger partial charge in [-0.2, -0.15) is 0 Å². The van der Waals surface area contributed by atoms with Crippen molar-refractivity contribution in [3.05, 3.63) is 54.1 Å². The van der Waals surface area contributed by atoms with Crippen LogP contribution in [0.25, 0.3) is 0 Å². The number of rotatable bonds is 3. The molecular formula is C16H14O3S. The summed E-state index contributed by atoms with van der Waals surface area (Å²) >= 11 is 1.56. The summed E-state index contributed by atoms with van der Waals surface area (Å²) in [6, 6.07) is 15.3. The Balaban J connectivity index is 1.72. The van der Waals surface area contributed by atoms with Crippen LogP contribution in [0.5, 0.6) is 11.5 Å². The fraction of sp³-hybridized carbons (Fsp3) is 0.188. The molecule has 4 heteroatoms. The Morgan fingerprint density at radius 2 is 1.80 bits per heavy atom. The molecule has 0 radical (unpaired) electrons. The van der Waals surface area contributed by atoms with Crippen molar-refractivity contribution in [1.29, 1.82) is 0 Å². The molecule has 0 aliphatic carbocycles. The number of fused-ring (bicyclic) bond motifs is 1. The number of carbonyl (C=O) groups excluding carboxylic acids is 1. The molecule has 1 aliphatic heterocycles. The smallest absolute Gasteiger partial charge is 0.325 e. The SMILES string of the molecule is COc1ccccc1OC(=O)C1Cc2ccccc2S1. The van der Waals surface area contributed by atoms with Gasteiger partial charge in [-0.05, 0) is 30.2 Å². The summed E-state index contributed by atoms with van der Waals surface area (Å²) in [5.74, 6) is 0.814. The van der Waals surface area contributed by atoms with Gasteiger partial charge >= 0.3 is 5.97 Å². The third kappa shape index (κ3) is 2.51. The second-order valence-corrected chi connectivity index (χ2v) is 5.73. The van der Waals surface area contributed by atoms with E-state index in [4.69, 9.17) is 9.47 Å². The molecule has 0 N–H and O–H groups in total. The third-order valence-corrected chi connectivity index (χ3v) is 4.49. The lowest BCUT2D eigenvalue weighted by Gasteiger charge is -2.11. The Bertz CT molecular complexity index is 614. The van der Waals surface area contributed by atoms with E-state index in [1.165, 1.54) is 5.56 Å². The van der Waals surface area contributed by atoms with Crippen LogP contribution < -0.4 is 9.47 Å². The van der Waals surface area contributed by atoms with E-state index >= 15 is 0 Å². The van der Waals surface area contributed by atoms with E-state index in [2.05, 4.69) is 6.07 Å². The minimum atomic E-state index is -0.226. The van der Waals surface area contributed by atoms with Crippen LogP contribution in [-0.4, -0.2) is 18.3 Å². The zero-order valence-corrected chi connectivity index (χ0v) is 11.9. The molecule has 0 saturated carbocycles. The molecule has 3 nitrogen and oxygen atoms in total. The van der Waals surface area contributed by atoms with Gasteiger partial charge in [-0.3, -0.25) is 4.79 Å². The number of ether oxygens (including phenoxy) is 2. The maximum atomic E-state index is 12.3. The van der Waals surface area contributed by atoms with Gasteiger partial charge in [0.2, 0.25) is 0 Å². The van der Waals surface area contributed by atoms with Gasteiger partial charge in [-0.25, -0.2) is 0 Å². The second kappa shape index (κ2) is 5.59. The highest BCUT2D eigenvalue weighted by Crippen LogP contribution is 2.38. The van der Waals surface area contributed by atoms with E-state index in [1.807, 2.05) is 30.3 Å². The Morgan fingerprint density at radius 1 is 1.10 bits per heavy atom. The van der Waals surface area contributed by atoms with Crippen LogP contribution >= 0.6 is 11.8 Å². The number of para-hydroxylation sites is 2. The Hall–Kier alpha value is -1.94. The molecule has 0 bridgehead atoms. The van der Waals surface area contributed by atoms with Crippen LogP contribution in [0.15, 0.2) is 53.4 Å². The van der Waals surface area contributed by atoms with Crippen LogP contribution in [0.3, 0.4) is 0 Å². The zero-order chi connectivity index (χ0) is 13.9. The average molecular weight is 286 g/mol. The summed E-state index contributed by atoms with van der Waals surface area (Å²) in [5.41, 5.74) is 1.21. The molecule has 1 aliphatic rings. The van der Waals surface area contributed by atoms with Gasteiger partial charge in [-0.15, -0.1) is 11.8 Å². The fourth-order valence-electron chi connectivity index (χ4n) is 2.19. The monoisotopic (exact) mass is 286 g/mol. The Labute approximate surface area is 121 Å². The number of benzene rings is 2. The lowest BCUT2D eigenvalue weighted by atomic mass is 10.1. The minimum absolute atomic E-state index is 0.183. The molecule has 1 unspecified atom stereocenters. The van der Waals surface area contributed by atoms with Gasteiger partial charge in [0.05, 0.1) is 7.11 Å². The first-order valence-electron chi connectivity index (χ1n) is 6.37. The van der Waals surface area contributed by atoms with Gasteiger partial charge in [0.15, 0.2) is 11.5 Å². The Morgan fingerprint density at radius 3 is 2.55 bits per heavy atom. The van der Waals surface area contributed by atoms with E-state index in [0.29, 0.717) is 11.5 Å². The van der Waals surface area contributed by atoms with E-state index in [1.54, 1.807) is 31.0 Å². The maximum absolute atomic E-state index is 12.3. The zero-order valence-electron chi connectivity index (χ0n) is 11.0. The summed E-state index contributed by atoms with van der Waals surface area (Å²) in [5, 5.41) is -0.183. The van der Waals surface area contributed by atoms with Crippen molar-refractivity contribution in [1.82, 2.24) is 0 Å². The molecular weight excluding hydrogens is 272 g/mol. The molecule has 2 aromatic carbocycles. The first-order chi connectivity index (χ1) is 9.78. The molecule has 1 heterocycles. The minimum Gasteiger partial charge on any atom is -0.493 e. The van der Waals surface area contributed by atoms with Crippen molar-refractivity contribution in [2.45, 2.75) is 16.6 Å². The van der Waals surface area contributed by atoms with Gasteiger partial charge in [-0.1, -0.05) is 30.3 Å². The predicted octanol–water partition coefficient (Wildman–Crippen LogP) is 3.32. The van der Waals surface area contributed by atoms with Gasteiger partial charge < -0.3 is 9.47 Å². The summed E-state index contributed by atoms with van der Waals surface area (Å²) < 4.78 is 10.7.